The lowest BCUT2D eigenvalue weighted by Crippen LogP contribution is -2.33. The third-order valence-electron chi connectivity index (χ3n) is 4.99. The Kier molecular flexibility index (Phi) is 21.1. The van der Waals surface area contributed by atoms with Crippen molar-refractivity contribution in [1.82, 2.24) is 4.90 Å². The summed E-state index contributed by atoms with van der Waals surface area (Å²) < 4.78 is 5.23. The standard InChI is InChI=1S/C22H45NO4/c1-2-3-4-5-6-7-8-9-10-11-12-13-14-15-22(26)27-21-18-23(16-19-24)17-20-25/h24-25H,2-21H2,1H3. The number of nitrogens with zero attached hydrogens (tertiary/aromatic N) is 1. The Morgan fingerprint density at radius 1 is 0.704 bits per heavy atom. The second-order valence-electron chi connectivity index (χ2n) is 7.50. The first kappa shape index (κ1) is 26.4. The first-order chi connectivity index (χ1) is 13.2. The Bertz CT molecular complexity index is 307. The summed E-state index contributed by atoms with van der Waals surface area (Å²) in [7, 11) is 0. The summed E-state index contributed by atoms with van der Waals surface area (Å²) in [5.74, 6) is -0.133. The van der Waals surface area contributed by atoms with Gasteiger partial charge in [0.05, 0.1) is 13.2 Å². The van der Waals surface area contributed by atoms with Gasteiger partial charge in [0, 0.05) is 26.1 Å². The van der Waals surface area contributed by atoms with Crippen LogP contribution in [0.3, 0.4) is 0 Å². The molecule has 0 aromatic rings. The average Bonchev–Trinajstić information content (AvgIpc) is 2.66. The molecule has 0 rings (SSSR count). The van der Waals surface area contributed by atoms with Crippen molar-refractivity contribution in [3.05, 3.63) is 0 Å². The minimum absolute atomic E-state index is 0.0485. The highest BCUT2D eigenvalue weighted by molar-refractivity contribution is 5.69. The fraction of sp³-hybridized carbons (Fsp3) is 0.955. The van der Waals surface area contributed by atoms with Gasteiger partial charge in [-0.2, -0.15) is 0 Å². The van der Waals surface area contributed by atoms with E-state index in [1.165, 1.54) is 70.6 Å². The van der Waals surface area contributed by atoms with Crippen LogP contribution in [-0.4, -0.2) is 60.5 Å². The van der Waals surface area contributed by atoms with Gasteiger partial charge in [0.15, 0.2) is 0 Å². The lowest BCUT2D eigenvalue weighted by molar-refractivity contribution is -0.144. The van der Waals surface area contributed by atoms with Crippen LogP contribution in [0.25, 0.3) is 0 Å². The lowest BCUT2D eigenvalue weighted by atomic mass is 10.0. The van der Waals surface area contributed by atoms with Crippen molar-refractivity contribution >= 4 is 5.97 Å². The predicted octanol–water partition coefficient (Wildman–Crippen LogP) is 4.30. The Hall–Kier alpha value is -0.650. The van der Waals surface area contributed by atoms with E-state index in [0.717, 1.165) is 12.8 Å². The van der Waals surface area contributed by atoms with E-state index in [2.05, 4.69) is 6.92 Å². The summed E-state index contributed by atoms with van der Waals surface area (Å²) >= 11 is 0. The summed E-state index contributed by atoms with van der Waals surface area (Å²) in [5.41, 5.74) is 0. The van der Waals surface area contributed by atoms with E-state index in [1.54, 1.807) is 0 Å². The van der Waals surface area contributed by atoms with E-state index in [4.69, 9.17) is 14.9 Å². The molecular weight excluding hydrogens is 342 g/mol. The fourth-order valence-electron chi connectivity index (χ4n) is 3.27. The molecule has 0 amide bonds. The van der Waals surface area contributed by atoms with Crippen molar-refractivity contribution in [1.29, 1.82) is 0 Å². The van der Waals surface area contributed by atoms with Crippen molar-refractivity contribution in [2.24, 2.45) is 0 Å². The highest BCUT2D eigenvalue weighted by Crippen LogP contribution is 2.13. The van der Waals surface area contributed by atoms with Crippen LogP contribution >= 0.6 is 0 Å². The van der Waals surface area contributed by atoms with Gasteiger partial charge in [-0.3, -0.25) is 9.69 Å². The van der Waals surface area contributed by atoms with Crippen LogP contribution in [0.5, 0.6) is 0 Å². The smallest absolute Gasteiger partial charge is 0.305 e. The van der Waals surface area contributed by atoms with Crippen LogP contribution in [-0.2, 0) is 9.53 Å². The predicted molar refractivity (Wildman–Crippen MR) is 112 cm³/mol. The number of hydrogen-bond acceptors (Lipinski definition) is 5. The molecule has 0 unspecified atom stereocenters. The zero-order chi connectivity index (χ0) is 20.0. The minimum atomic E-state index is -0.133. The van der Waals surface area contributed by atoms with Crippen LogP contribution in [0.2, 0.25) is 0 Å². The summed E-state index contributed by atoms with van der Waals surface area (Å²) in [4.78, 5) is 13.6. The van der Waals surface area contributed by atoms with Crippen LogP contribution < -0.4 is 0 Å². The molecule has 5 nitrogen and oxygen atoms in total. The highest BCUT2D eigenvalue weighted by Gasteiger charge is 2.06. The molecule has 0 aromatic heterocycles. The van der Waals surface area contributed by atoms with Crippen LogP contribution in [0.15, 0.2) is 0 Å². The Morgan fingerprint density at radius 2 is 1.15 bits per heavy atom. The second-order valence-corrected chi connectivity index (χ2v) is 7.50. The maximum Gasteiger partial charge on any atom is 0.305 e. The van der Waals surface area contributed by atoms with Crippen LogP contribution in [0.4, 0.5) is 0 Å². The maximum absolute atomic E-state index is 11.7. The third kappa shape index (κ3) is 19.9. The summed E-state index contributed by atoms with van der Waals surface area (Å²) in [5, 5.41) is 17.9. The number of aliphatic hydroxyl groups excluding tert-OH is 2. The summed E-state index contributed by atoms with van der Waals surface area (Å²) in [6.45, 7) is 4.24. The summed E-state index contributed by atoms with van der Waals surface area (Å²) in [6, 6.07) is 0. The van der Waals surface area contributed by atoms with E-state index in [0.29, 0.717) is 32.7 Å². The zero-order valence-corrected chi connectivity index (χ0v) is 17.8. The molecule has 0 aromatic carbocycles. The van der Waals surface area contributed by atoms with E-state index in [1.807, 2.05) is 4.90 Å². The number of hydrogen-bond donors (Lipinski definition) is 2. The quantitative estimate of drug-likeness (QED) is 0.227. The van der Waals surface area contributed by atoms with E-state index >= 15 is 0 Å². The van der Waals surface area contributed by atoms with Crippen LogP contribution in [0.1, 0.15) is 96.8 Å². The molecule has 0 heterocycles. The topological polar surface area (TPSA) is 70.0 Å². The minimum Gasteiger partial charge on any atom is -0.464 e. The number of rotatable bonds is 21. The van der Waals surface area contributed by atoms with E-state index in [9.17, 15) is 4.79 Å². The normalized spacial score (nSPS) is 11.3. The fourth-order valence-corrected chi connectivity index (χ4v) is 3.27. The molecule has 2 N–H and O–H groups in total. The number of carbonyl (C=O) groups excluding carboxylic acids is 1. The third-order valence-corrected chi connectivity index (χ3v) is 4.99. The van der Waals surface area contributed by atoms with Gasteiger partial charge in [-0.25, -0.2) is 0 Å². The number of carbonyl (C=O) groups is 1. The Labute approximate surface area is 167 Å². The molecule has 0 saturated carbocycles. The molecule has 0 aliphatic heterocycles. The van der Waals surface area contributed by atoms with E-state index < -0.39 is 0 Å². The average molecular weight is 388 g/mol. The number of aliphatic hydroxyl groups is 2. The molecular formula is C22H45NO4. The molecule has 0 aliphatic rings. The zero-order valence-electron chi connectivity index (χ0n) is 17.8. The molecule has 27 heavy (non-hydrogen) atoms. The van der Waals surface area contributed by atoms with Gasteiger partial charge >= 0.3 is 5.97 Å². The Morgan fingerprint density at radius 3 is 1.59 bits per heavy atom. The number of esters is 1. The summed E-state index contributed by atoms with van der Waals surface area (Å²) in [6.07, 6.45) is 17.4. The molecule has 162 valence electrons. The molecule has 0 spiro atoms. The second kappa shape index (κ2) is 21.6. The van der Waals surface area contributed by atoms with Crippen molar-refractivity contribution < 1.29 is 19.7 Å². The number of ether oxygens (including phenoxy) is 1. The van der Waals surface area contributed by atoms with Gasteiger partial charge in [0.25, 0.3) is 0 Å². The van der Waals surface area contributed by atoms with Crippen molar-refractivity contribution in [3.63, 3.8) is 0 Å². The van der Waals surface area contributed by atoms with Crippen molar-refractivity contribution in [2.75, 3.05) is 39.5 Å². The molecule has 0 bridgehead atoms. The van der Waals surface area contributed by atoms with Crippen LogP contribution in [0, 0.1) is 0 Å². The lowest BCUT2D eigenvalue weighted by Gasteiger charge is -2.19. The van der Waals surface area contributed by atoms with Gasteiger partial charge in [-0.15, -0.1) is 0 Å². The van der Waals surface area contributed by atoms with Crippen molar-refractivity contribution in [2.45, 2.75) is 96.8 Å². The monoisotopic (exact) mass is 387 g/mol. The van der Waals surface area contributed by atoms with Gasteiger partial charge in [0.2, 0.25) is 0 Å². The van der Waals surface area contributed by atoms with Gasteiger partial charge in [0.1, 0.15) is 6.61 Å². The SMILES string of the molecule is CCCCCCCCCCCCCCCC(=O)OCCN(CCO)CCO. The molecule has 5 heteroatoms. The number of unbranched alkanes of at least 4 members (excludes halogenated alkanes) is 12. The van der Waals surface area contributed by atoms with Gasteiger partial charge < -0.3 is 14.9 Å². The molecule has 0 saturated heterocycles. The highest BCUT2D eigenvalue weighted by atomic mass is 16.5. The first-order valence-corrected chi connectivity index (χ1v) is 11.3. The van der Waals surface area contributed by atoms with Gasteiger partial charge in [-0.05, 0) is 6.42 Å². The molecule has 0 radical (unpaired) electrons. The van der Waals surface area contributed by atoms with E-state index in [-0.39, 0.29) is 19.2 Å². The largest absolute Gasteiger partial charge is 0.464 e. The molecule has 0 fully saturated rings. The maximum atomic E-state index is 11.7. The molecule has 0 atom stereocenters. The molecule has 0 aliphatic carbocycles. The van der Waals surface area contributed by atoms with Crippen molar-refractivity contribution in [3.8, 4) is 0 Å². The Balaban J connectivity index is 3.31. The van der Waals surface area contributed by atoms with Gasteiger partial charge in [-0.1, -0.05) is 84.0 Å². The first-order valence-electron chi connectivity index (χ1n) is 11.3.